The van der Waals surface area contributed by atoms with E-state index in [1.165, 1.54) is 6.07 Å². The molecule has 0 bridgehead atoms. The van der Waals surface area contributed by atoms with Gasteiger partial charge in [-0.25, -0.2) is 19.2 Å². The van der Waals surface area contributed by atoms with Crippen molar-refractivity contribution in [3.63, 3.8) is 0 Å². The Hall–Kier alpha value is -1.38. The summed E-state index contributed by atoms with van der Waals surface area (Å²) < 4.78 is 19.5. The van der Waals surface area contributed by atoms with Gasteiger partial charge in [0, 0.05) is 18.5 Å². The van der Waals surface area contributed by atoms with Crippen molar-refractivity contribution >= 4 is 61.9 Å². The molecular formula is C15H16BrCl2FN4O2. The van der Waals surface area contributed by atoms with E-state index in [9.17, 15) is 9.18 Å². The van der Waals surface area contributed by atoms with Crippen LogP contribution in [0.4, 0.5) is 15.0 Å². The summed E-state index contributed by atoms with van der Waals surface area (Å²) in [5.41, 5.74) is -0.533. The first kappa shape index (κ1) is 19.9. The molecule has 136 valence electrons. The molecule has 0 fully saturated rings. The zero-order valence-corrected chi connectivity index (χ0v) is 16.8. The van der Waals surface area contributed by atoms with Crippen LogP contribution >= 0.6 is 39.1 Å². The maximum atomic E-state index is 14.3. The number of aromatic nitrogens is 2. The van der Waals surface area contributed by atoms with E-state index in [4.69, 9.17) is 27.9 Å². The van der Waals surface area contributed by atoms with Crippen molar-refractivity contribution in [2.45, 2.75) is 26.4 Å². The van der Waals surface area contributed by atoms with E-state index in [0.29, 0.717) is 17.7 Å². The molecule has 1 aromatic carbocycles. The number of nitrogens with zero attached hydrogens (tertiary/aromatic N) is 2. The molecule has 0 unspecified atom stereocenters. The fourth-order valence-corrected chi connectivity index (χ4v) is 2.60. The van der Waals surface area contributed by atoms with Gasteiger partial charge < -0.3 is 15.4 Å². The summed E-state index contributed by atoms with van der Waals surface area (Å²) in [5.74, 6) is -0.309. The van der Waals surface area contributed by atoms with Crippen LogP contribution < -0.4 is 10.6 Å². The first-order valence-electron chi connectivity index (χ1n) is 7.30. The Bertz CT molecular complexity index is 814. The molecule has 2 aromatic rings. The molecule has 0 aliphatic heterocycles. The summed E-state index contributed by atoms with van der Waals surface area (Å²) in [7, 11) is 0. The molecule has 1 amide bonds. The molecule has 10 heteroatoms. The Kier molecular flexibility index (Phi) is 6.29. The van der Waals surface area contributed by atoms with Gasteiger partial charge in [-0.05, 0) is 54.4 Å². The van der Waals surface area contributed by atoms with E-state index in [-0.39, 0.29) is 26.8 Å². The van der Waals surface area contributed by atoms with Crippen molar-refractivity contribution in [1.82, 2.24) is 15.3 Å². The smallest absolute Gasteiger partial charge is 0.407 e. The molecule has 1 heterocycles. The van der Waals surface area contributed by atoms with E-state index in [2.05, 4.69) is 36.5 Å². The van der Waals surface area contributed by atoms with Crippen molar-refractivity contribution in [3.05, 3.63) is 26.7 Å². The molecule has 2 rings (SSSR count). The average Bonchev–Trinajstić information content (AvgIpc) is 2.48. The van der Waals surface area contributed by atoms with Crippen molar-refractivity contribution < 1.29 is 13.9 Å². The predicted molar refractivity (Wildman–Crippen MR) is 99.9 cm³/mol. The van der Waals surface area contributed by atoms with Crippen LogP contribution in [-0.4, -0.2) is 34.8 Å². The van der Waals surface area contributed by atoms with Gasteiger partial charge in [0.1, 0.15) is 16.9 Å². The molecule has 6 nitrogen and oxygen atoms in total. The molecule has 25 heavy (non-hydrogen) atoms. The van der Waals surface area contributed by atoms with Crippen LogP contribution in [0.1, 0.15) is 20.8 Å². The zero-order valence-electron chi connectivity index (χ0n) is 13.7. The Morgan fingerprint density at radius 1 is 1.32 bits per heavy atom. The highest BCUT2D eigenvalue weighted by molar-refractivity contribution is 9.10. The first-order valence-corrected chi connectivity index (χ1v) is 8.85. The summed E-state index contributed by atoms with van der Waals surface area (Å²) in [6.45, 7) is 5.91. The van der Waals surface area contributed by atoms with Gasteiger partial charge in [-0.2, -0.15) is 0 Å². The fraction of sp³-hybridized carbons (Fsp3) is 0.400. The summed E-state index contributed by atoms with van der Waals surface area (Å²) in [6, 6.07) is 1.53. The van der Waals surface area contributed by atoms with E-state index in [0.717, 1.165) is 0 Å². The average molecular weight is 454 g/mol. The second-order valence-electron chi connectivity index (χ2n) is 6.08. The minimum Gasteiger partial charge on any atom is -0.444 e. The van der Waals surface area contributed by atoms with Crippen LogP contribution in [0.5, 0.6) is 0 Å². The van der Waals surface area contributed by atoms with Gasteiger partial charge in [-0.15, -0.1) is 0 Å². The van der Waals surface area contributed by atoms with Gasteiger partial charge in [-0.1, -0.05) is 11.6 Å². The van der Waals surface area contributed by atoms with Crippen molar-refractivity contribution in [2.24, 2.45) is 0 Å². The standard InChI is InChI=1S/C15H16BrCl2FN4O2/c1-15(2,3)25-14(24)21-5-4-20-12-7-6-8(17)9(16)10(19)11(7)22-13(18)23-12/h6H,4-5H2,1-3H3,(H,21,24)(H,20,22,23). The van der Waals surface area contributed by atoms with E-state index < -0.39 is 17.5 Å². The third kappa shape index (κ3) is 5.29. The van der Waals surface area contributed by atoms with E-state index in [1.54, 1.807) is 20.8 Å². The second-order valence-corrected chi connectivity index (χ2v) is 7.62. The molecule has 0 saturated heterocycles. The van der Waals surface area contributed by atoms with Crippen LogP contribution in [0.3, 0.4) is 0 Å². The molecule has 2 N–H and O–H groups in total. The molecule has 0 saturated carbocycles. The monoisotopic (exact) mass is 452 g/mol. The van der Waals surface area contributed by atoms with Gasteiger partial charge in [-0.3, -0.25) is 0 Å². The number of halogens is 4. The van der Waals surface area contributed by atoms with Gasteiger partial charge >= 0.3 is 6.09 Å². The molecule has 0 aliphatic rings. The Morgan fingerprint density at radius 3 is 2.64 bits per heavy atom. The Balaban J connectivity index is 2.10. The number of benzene rings is 1. The van der Waals surface area contributed by atoms with E-state index >= 15 is 0 Å². The summed E-state index contributed by atoms with van der Waals surface area (Å²) in [5, 5.41) is 6.03. The predicted octanol–water partition coefficient (Wildman–Crippen LogP) is 4.77. The SMILES string of the molecule is CC(C)(C)OC(=O)NCCNc1nc(Cl)nc2c(F)c(Br)c(Cl)cc12. The van der Waals surface area contributed by atoms with Gasteiger partial charge in [0.15, 0.2) is 5.82 Å². The van der Waals surface area contributed by atoms with Crippen molar-refractivity contribution in [1.29, 1.82) is 0 Å². The van der Waals surface area contributed by atoms with Crippen LogP contribution in [0.2, 0.25) is 10.3 Å². The number of amides is 1. The third-order valence-corrected chi connectivity index (χ3v) is 4.36. The molecular weight excluding hydrogens is 438 g/mol. The molecule has 0 aliphatic carbocycles. The highest BCUT2D eigenvalue weighted by Crippen LogP contribution is 2.34. The van der Waals surface area contributed by atoms with Crippen LogP contribution in [-0.2, 0) is 4.74 Å². The van der Waals surface area contributed by atoms with Crippen molar-refractivity contribution in [3.8, 4) is 0 Å². The quantitative estimate of drug-likeness (QED) is 0.396. The van der Waals surface area contributed by atoms with Gasteiger partial charge in [0.05, 0.1) is 9.50 Å². The first-order chi connectivity index (χ1) is 11.6. The lowest BCUT2D eigenvalue weighted by molar-refractivity contribution is 0.0530. The molecule has 0 atom stereocenters. The van der Waals surface area contributed by atoms with Crippen LogP contribution in [0.25, 0.3) is 10.9 Å². The number of hydrogen-bond acceptors (Lipinski definition) is 5. The number of carbonyl (C=O) groups is 1. The van der Waals surface area contributed by atoms with Crippen LogP contribution in [0.15, 0.2) is 10.5 Å². The number of nitrogens with one attached hydrogen (secondary N) is 2. The van der Waals surface area contributed by atoms with Crippen molar-refractivity contribution in [2.75, 3.05) is 18.4 Å². The molecule has 0 radical (unpaired) electrons. The van der Waals surface area contributed by atoms with E-state index in [1.807, 2.05) is 0 Å². The third-order valence-electron chi connectivity index (χ3n) is 2.89. The number of alkyl carbamates (subject to hydrolysis) is 1. The number of ether oxygens (including phenoxy) is 1. The minimum absolute atomic E-state index is 0.0406. The Labute approximate surface area is 162 Å². The van der Waals surface area contributed by atoms with Gasteiger partial charge in [0.25, 0.3) is 0 Å². The van der Waals surface area contributed by atoms with Gasteiger partial charge in [0.2, 0.25) is 5.28 Å². The largest absolute Gasteiger partial charge is 0.444 e. The Morgan fingerprint density at radius 2 is 2.00 bits per heavy atom. The number of carbonyl (C=O) groups excluding carboxylic acids is 1. The molecule has 0 spiro atoms. The zero-order chi connectivity index (χ0) is 18.8. The lowest BCUT2D eigenvalue weighted by Crippen LogP contribution is -2.35. The maximum Gasteiger partial charge on any atom is 0.407 e. The fourth-order valence-electron chi connectivity index (χ4n) is 1.94. The maximum absolute atomic E-state index is 14.3. The number of fused-ring (bicyclic) bond motifs is 1. The lowest BCUT2D eigenvalue weighted by atomic mass is 10.2. The normalized spacial score (nSPS) is 11.5. The summed E-state index contributed by atoms with van der Waals surface area (Å²) in [4.78, 5) is 19.5. The second kappa shape index (κ2) is 7.88. The topological polar surface area (TPSA) is 76.1 Å². The summed E-state index contributed by atoms with van der Waals surface area (Å²) >= 11 is 14.9. The number of rotatable bonds is 4. The summed E-state index contributed by atoms with van der Waals surface area (Å²) in [6.07, 6.45) is -0.530. The highest BCUT2D eigenvalue weighted by Gasteiger charge is 2.17. The number of anilines is 1. The number of hydrogen-bond donors (Lipinski definition) is 2. The van der Waals surface area contributed by atoms with Crippen LogP contribution in [0, 0.1) is 5.82 Å². The minimum atomic E-state index is -0.623. The highest BCUT2D eigenvalue weighted by atomic mass is 79.9. The molecule has 1 aromatic heterocycles. The lowest BCUT2D eigenvalue weighted by Gasteiger charge is -2.19.